The molecule has 0 aliphatic carbocycles. The average molecular weight is 740 g/mol. The summed E-state index contributed by atoms with van der Waals surface area (Å²) >= 11 is 0. The van der Waals surface area contributed by atoms with Crippen LogP contribution < -0.4 is 4.90 Å². The van der Waals surface area contributed by atoms with Crippen molar-refractivity contribution in [3.8, 4) is 44.5 Å². The summed E-state index contributed by atoms with van der Waals surface area (Å²) in [5.41, 5.74) is 14.6. The molecule has 11 aromatic rings. The maximum Gasteiger partial charge on any atom is 0.136 e. The molecule has 0 bridgehead atoms. The molecule has 1 aromatic heterocycles. The Balaban J connectivity index is 0.979. The molecule has 0 aliphatic rings. The Labute approximate surface area is 337 Å². The molecule has 58 heavy (non-hydrogen) atoms. The Morgan fingerprint density at radius 1 is 0.276 bits per heavy atom. The third kappa shape index (κ3) is 5.82. The standard InChI is InChI=1S/C56H37NO/c1-3-14-39(15-4-1)52-36-41(30-35-49(52)50-23-13-25-55-56(50)51-22-11-12-24-54(51)58-55)38-26-31-44(32-27-38)57(43-17-5-2-6-18-43)45-33-28-40(29-34-45)53-37-42-16-7-8-19-46(42)47-20-9-10-21-48(47)53/h1-37H. The van der Waals surface area contributed by atoms with Crippen LogP contribution >= 0.6 is 0 Å². The lowest BCUT2D eigenvalue weighted by atomic mass is 9.89. The second-order valence-corrected chi connectivity index (χ2v) is 14.9. The Bertz CT molecular complexity index is 3250. The molecule has 2 heteroatoms. The molecule has 0 amide bonds. The normalized spacial score (nSPS) is 11.4. The summed E-state index contributed by atoms with van der Waals surface area (Å²) in [6.07, 6.45) is 0. The quantitative estimate of drug-likeness (QED) is 0.151. The molecule has 10 aromatic carbocycles. The number of fused-ring (bicyclic) bond motifs is 6. The fraction of sp³-hybridized carbons (Fsp3) is 0. The topological polar surface area (TPSA) is 16.4 Å². The van der Waals surface area contributed by atoms with Crippen molar-refractivity contribution in [2.45, 2.75) is 0 Å². The molecule has 0 unspecified atom stereocenters. The number of hydrogen-bond acceptors (Lipinski definition) is 2. The predicted molar refractivity (Wildman–Crippen MR) is 245 cm³/mol. The molecule has 11 rings (SSSR count). The number of hydrogen-bond donors (Lipinski definition) is 0. The van der Waals surface area contributed by atoms with Crippen LogP contribution in [0.15, 0.2) is 229 Å². The van der Waals surface area contributed by atoms with Gasteiger partial charge < -0.3 is 9.32 Å². The van der Waals surface area contributed by atoms with E-state index in [1.165, 1.54) is 54.9 Å². The van der Waals surface area contributed by atoms with E-state index in [-0.39, 0.29) is 0 Å². The van der Waals surface area contributed by atoms with Gasteiger partial charge >= 0.3 is 0 Å². The maximum absolute atomic E-state index is 6.30. The lowest BCUT2D eigenvalue weighted by Crippen LogP contribution is -2.09. The summed E-state index contributed by atoms with van der Waals surface area (Å²) in [6.45, 7) is 0. The lowest BCUT2D eigenvalue weighted by molar-refractivity contribution is 0.669. The van der Waals surface area contributed by atoms with Crippen molar-refractivity contribution in [3.05, 3.63) is 224 Å². The first kappa shape index (κ1) is 33.6. The van der Waals surface area contributed by atoms with Crippen molar-refractivity contribution < 1.29 is 4.42 Å². The van der Waals surface area contributed by atoms with Gasteiger partial charge in [-0.3, -0.25) is 0 Å². The number of furan rings is 1. The highest BCUT2D eigenvalue weighted by atomic mass is 16.3. The fourth-order valence-corrected chi connectivity index (χ4v) is 8.72. The van der Waals surface area contributed by atoms with Gasteiger partial charge in [0.05, 0.1) is 0 Å². The number of rotatable bonds is 7. The smallest absolute Gasteiger partial charge is 0.136 e. The van der Waals surface area contributed by atoms with Gasteiger partial charge in [-0.2, -0.15) is 0 Å². The molecule has 0 spiro atoms. The SMILES string of the molecule is c1ccc(-c2cc(-c3ccc(N(c4ccccc4)c4ccc(-c5cc6ccccc6c6ccccc56)cc4)cc3)ccc2-c2cccc3oc4ccccc4c23)cc1. The Hall–Kier alpha value is -7.68. The van der Waals surface area contributed by atoms with E-state index >= 15 is 0 Å². The van der Waals surface area contributed by atoms with Gasteiger partial charge in [-0.05, 0) is 127 Å². The molecule has 0 fully saturated rings. The molecule has 2 nitrogen and oxygen atoms in total. The van der Waals surface area contributed by atoms with Gasteiger partial charge in [0.25, 0.3) is 0 Å². The van der Waals surface area contributed by atoms with Crippen LogP contribution in [0.25, 0.3) is 88.0 Å². The van der Waals surface area contributed by atoms with E-state index in [9.17, 15) is 0 Å². The highest BCUT2D eigenvalue weighted by Crippen LogP contribution is 2.43. The number of nitrogens with zero attached hydrogens (tertiary/aromatic N) is 1. The molecule has 0 saturated carbocycles. The largest absolute Gasteiger partial charge is 0.456 e. The van der Waals surface area contributed by atoms with E-state index in [0.29, 0.717) is 0 Å². The predicted octanol–water partition coefficient (Wildman–Crippen LogP) is 16.0. The summed E-state index contributed by atoms with van der Waals surface area (Å²) in [6, 6.07) is 80.6. The molecule has 272 valence electrons. The van der Waals surface area contributed by atoms with Crippen molar-refractivity contribution in [2.75, 3.05) is 4.90 Å². The van der Waals surface area contributed by atoms with Crippen LogP contribution in [0.2, 0.25) is 0 Å². The first-order valence-electron chi connectivity index (χ1n) is 19.8. The van der Waals surface area contributed by atoms with E-state index in [1.807, 2.05) is 12.1 Å². The molecular weight excluding hydrogens is 703 g/mol. The van der Waals surface area contributed by atoms with Gasteiger partial charge in [0.2, 0.25) is 0 Å². The van der Waals surface area contributed by atoms with Crippen LogP contribution in [0, 0.1) is 0 Å². The summed E-state index contributed by atoms with van der Waals surface area (Å²) in [5.74, 6) is 0. The van der Waals surface area contributed by atoms with Gasteiger partial charge in [-0.15, -0.1) is 0 Å². The highest BCUT2D eigenvalue weighted by molar-refractivity contribution is 6.15. The summed E-state index contributed by atoms with van der Waals surface area (Å²) in [7, 11) is 0. The molecule has 0 radical (unpaired) electrons. The summed E-state index contributed by atoms with van der Waals surface area (Å²) in [5, 5.41) is 7.35. The van der Waals surface area contributed by atoms with Crippen LogP contribution in [0.1, 0.15) is 0 Å². The third-order valence-electron chi connectivity index (χ3n) is 11.5. The molecular formula is C56H37NO. The zero-order chi connectivity index (χ0) is 38.4. The van der Waals surface area contributed by atoms with Gasteiger partial charge in [-0.1, -0.05) is 164 Å². The van der Waals surface area contributed by atoms with Gasteiger partial charge in [0.15, 0.2) is 0 Å². The van der Waals surface area contributed by atoms with Crippen LogP contribution in [0.3, 0.4) is 0 Å². The van der Waals surface area contributed by atoms with Crippen LogP contribution in [0.4, 0.5) is 17.1 Å². The average Bonchev–Trinajstić information content (AvgIpc) is 3.69. The molecule has 0 aliphatic heterocycles. The molecule has 0 N–H and O–H groups in total. The van der Waals surface area contributed by atoms with Crippen LogP contribution in [0.5, 0.6) is 0 Å². The minimum atomic E-state index is 0.900. The van der Waals surface area contributed by atoms with Crippen molar-refractivity contribution >= 4 is 60.5 Å². The van der Waals surface area contributed by atoms with E-state index < -0.39 is 0 Å². The zero-order valence-corrected chi connectivity index (χ0v) is 31.7. The van der Waals surface area contributed by atoms with E-state index in [2.05, 4.69) is 217 Å². The van der Waals surface area contributed by atoms with Crippen molar-refractivity contribution in [3.63, 3.8) is 0 Å². The number of para-hydroxylation sites is 2. The Kier molecular flexibility index (Phi) is 8.19. The molecule has 1 heterocycles. The fourth-order valence-electron chi connectivity index (χ4n) is 8.72. The van der Waals surface area contributed by atoms with Crippen molar-refractivity contribution in [2.24, 2.45) is 0 Å². The summed E-state index contributed by atoms with van der Waals surface area (Å²) < 4.78 is 6.30. The second kappa shape index (κ2) is 14.1. The van der Waals surface area contributed by atoms with Gasteiger partial charge in [0.1, 0.15) is 11.2 Å². The van der Waals surface area contributed by atoms with E-state index in [0.717, 1.165) is 50.1 Å². The van der Waals surface area contributed by atoms with Gasteiger partial charge in [0, 0.05) is 27.8 Å². The van der Waals surface area contributed by atoms with Gasteiger partial charge in [-0.25, -0.2) is 0 Å². The van der Waals surface area contributed by atoms with Crippen molar-refractivity contribution in [1.82, 2.24) is 0 Å². The number of anilines is 3. The number of benzene rings is 10. The minimum Gasteiger partial charge on any atom is -0.456 e. The molecule has 0 saturated heterocycles. The van der Waals surface area contributed by atoms with E-state index in [1.54, 1.807) is 0 Å². The summed E-state index contributed by atoms with van der Waals surface area (Å²) in [4.78, 5) is 2.33. The highest BCUT2D eigenvalue weighted by Gasteiger charge is 2.18. The Morgan fingerprint density at radius 3 is 1.59 bits per heavy atom. The zero-order valence-electron chi connectivity index (χ0n) is 31.7. The van der Waals surface area contributed by atoms with Crippen molar-refractivity contribution in [1.29, 1.82) is 0 Å². The lowest BCUT2D eigenvalue weighted by Gasteiger charge is -2.26. The van der Waals surface area contributed by atoms with Crippen LogP contribution in [-0.2, 0) is 0 Å². The Morgan fingerprint density at radius 2 is 0.828 bits per heavy atom. The molecule has 0 atom stereocenters. The monoisotopic (exact) mass is 739 g/mol. The minimum absolute atomic E-state index is 0.900. The third-order valence-corrected chi connectivity index (χ3v) is 11.5. The van der Waals surface area contributed by atoms with E-state index in [4.69, 9.17) is 4.42 Å². The second-order valence-electron chi connectivity index (χ2n) is 14.9. The first-order chi connectivity index (χ1) is 28.8. The maximum atomic E-state index is 6.30. The first-order valence-corrected chi connectivity index (χ1v) is 19.8. The van der Waals surface area contributed by atoms with Crippen LogP contribution in [-0.4, -0.2) is 0 Å².